The molecule has 0 N–H and O–H groups in total. The number of nitro groups is 1. The molecule has 0 fully saturated rings. The number of rotatable bonds is 2. The van der Waals surface area contributed by atoms with Crippen molar-refractivity contribution in [3.63, 3.8) is 0 Å². The molecule has 0 saturated carbocycles. The Labute approximate surface area is 160 Å². The third kappa shape index (κ3) is 3.66. The van der Waals surface area contributed by atoms with E-state index in [4.69, 9.17) is 35.4 Å². The van der Waals surface area contributed by atoms with E-state index in [0.717, 1.165) is 16.7 Å². The van der Waals surface area contributed by atoms with Gasteiger partial charge >= 0.3 is 0 Å². The van der Waals surface area contributed by atoms with Gasteiger partial charge in [0.05, 0.1) is 16.7 Å². The number of fused-ring (bicyclic) bond motifs is 1. The van der Waals surface area contributed by atoms with E-state index in [0.29, 0.717) is 17.2 Å². The number of hydrogen-bond acceptors (Lipinski definition) is 4. The topological polar surface area (TPSA) is 58.7 Å². The Hall–Kier alpha value is -2.02. The van der Waals surface area contributed by atoms with Gasteiger partial charge in [-0.05, 0) is 55.4 Å². The fourth-order valence-electron chi connectivity index (χ4n) is 2.78. The molecule has 1 aliphatic rings. The average molecular weight is 394 g/mol. The number of benzene rings is 2. The van der Waals surface area contributed by atoms with Crippen molar-refractivity contribution in [2.24, 2.45) is 5.10 Å². The van der Waals surface area contributed by atoms with Crippen LogP contribution in [0.2, 0.25) is 5.02 Å². The van der Waals surface area contributed by atoms with Crippen molar-refractivity contribution >= 4 is 51.3 Å². The summed E-state index contributed by atoms with van der Waals surface area (Å²) < 4.78 is 0.144. The molecular weight excluding hydrogens is 381 g/mol. The Kier molecular flexibility index (Phi) is 5.03. The SMILES string of the molecule is CC1Cc2ccc(Cl)cc2C(c2ccc([N+](=O)[O-])cc2)=NN1C(=S)Cl. The zero-order chi connectivity index (χ0) is 18.1. The standard InChI is InChI=1S/C17H13Cl2N3O2S/c1-10-8-12-2-5-13(18)9-15(12)16(20-21(10)17(19)25)11-3-6-14(7-4-11)22(23)24/h2-7,9-10H,8H2,1H3. The monoisotopic (exact) mass is 393 g/mol. The molecule has 2 aromatic rings. The highest BCUT2D eigenvalue weighted by molar-refractivity contribution is 7.83. The van der Waals surface area contributed by atoms with Crippen LogP contribution in [-0.4, -0.2) is 26.1 Å². The summed E-state index contributed by atoms with van der Waals surface area (Å²) in [4.78, 5) is 10.4. The van der Waals surface area contributed by atoms with Gasteiger partial charge in [-0.15, -0.1) is 0 Å². The van der Waals surface area contributed by atoms with Gasteiger partial charge in [-0.1, -0.05) is 29.3 Å². The first-order valence-electron chi connectivity index (χ1n) is 7.47. The van der Waals surface area contributed by atoms with Gasteiger partial charge in [0.1, 0.15) is 0 Å². The summed E-state index contributed by atoms with van der Waals surface area (Å²) in [5, 5.41) is 17.7. The summed E-state index contributed by atoms with van der Waals surface area (Å²) in [5.41, 5.74) is 3.29. The summed E-state index contributed by atoms with van der Waals surface area (Å²) >= 11 is 17.3. The van der Waals surface area contributed by atoms with E-state index >= 15 is 0 Å². The van der Waals surface area contributed by atoms with E-state index in [1.165, 1.54) is 12.1 Å². The molecule has 3 rings (SSSR count). The lowest BCUT2D eigenvalue weighted by molar-refractivity contribution is -0.384. The highest BCUT2D eigenvalue weighted by Gasteiger charge is 2.25. The summed E-state index contributed by atoms with van der Waals surface area (Å²) in [6.45, 7) is 1.98. The first-order chi connectivity index (χ1) is 11.9. The summed E-state index contributed by atoms with van der Waals surface area (Å²) in [6.07, 6.45) is 0.694. The number of hydrazone groups is 1. The van der Waals surface area contributed by atoms with E-state index < -0.39 is 4.92 Å². The molecule has 0 radical (unpaired) electrons. The molecule has 0 amide bonds. The number of nitrogens with zero attached hydrogens (tertiary/aromatic N) is 3. The number of halogens is 2. The molecular formula is C17H13Cl2N3O2S. The van der Waals surface area contributed by atoms with E-state index in [1.807, 2.05) is 25.1 Å². The van der Waals surface area contributed by atoms with Crippen molar-refractivity contribution < 1.29 is 4.92 Å². The van der Waals surface area contributed by atoms with Gasteiger partial charge in [0.2, 0.25) is 0 Å². The molecule has 0 aliphatic carbocycles. The van der Waals surface area contributed by atoms with Gasteiger partial charge in [0.15, 0.2) is 4.45 Å². The Bertz CT molecular complexity index is 884. The summed E-state index contributed by atoms with van der Waals surface area (Å²) in [6, 6.07) is 11.8. The minimum Gasteiger partial charge on any atom is -0.258 e. The van der Waals surface area contributed by atoms with Crippen LogP contribution in [0.3, 0.4) is 0 Å². The number of non-ortho nitro benzene ring substituents is 1. The molecule has 0 spiro atoms. The second kappa shape index (κ2) is 7.07. The average Bonchev–Trinajstić information content (AvgIpc) is 2.71. The summed E-state index contributed by atoms with van der Waals surface area (Å²) in [5.74, 6) is 0. The zero-order valence-corrected chi connectivity index (χ0v) is 15.5. The molecule has 1 aliphatic heterocycles. The first-order valence-corrected chi connectivity index (χ1v) is 8.64. The maximum Gasteiger partial charge on any atom is 0.269 e. The highest BCUT2D eigenvalue weighted by atomic mass is 35.5. The van der Waals surface area contributed by atoms with E-state index in [2.05, 4.69) is 5.10 Å². The van der Waals surface area contributed by atoms with Crippen molar-refractivity contribution in [3.8, 4) is 0 Å². The van der Waals surface area contributed by atoms with Crippen molar-refractivity contribution in [2.45, 2.75) is 19.4 Å². The lowest BCUT2D eigenvalue weighted by Gasteiger charge is -2.22. The second-order valence-electron chi connectivity index (χ2n) is 5.70. The predicted octanol–water partition coefficient (Wildman–Crippen LogP) is 4.77. The van der Waals surface area contributed by atoms with E-state index in [9.17, 15) is 10.1 Å². The van der Waals surface area contributed by atoms with Crippen LogP contribution in [0.1, 0.15) is 23.6 Å². The lowest BCUT2D eigenvalue weighted by Crippen LogP contribution is -2.31. The molecule has 0 saturated heterocycles. The van der Waals surface area contributed by atoms with Crippen LogP contribution in [0.4, 0.5) is 5.69 Å². The van der Waals surface area contributed by atoms with Gasteiger partial charge in [0, 0.05) is 28.3 Å². The minimum atomic E-state index is -0.439. The van der Waals surface area contributed by atoms with Gasteiger partial charge < -0.3 is 0 Å². The number of thiocarbonyl (C=S) groups is 1. The smallest absolute Gasteiger partial charge is 0.258 e. The molecule has 1 atom stereocenters. The molecule has 0 aromatic heterocycles. The van der Waals surface area contributed by atoms with Crippen molar-refractivity contribution in [2.75, 3.05) is 0 Å². The van der Waals surface area contributed by atoms with Crippen molar-refractivity contribution in [1.29, 1.82) is 0 Å². The van der Waals surface area contributed by atoms with Crippen LogP contribution in [0.5, 0.6) is 0 Å². The van der Waals surface area contributed by atoms with Gasteiger partial charge in [-0.2, -0.15) is 5.10 Å². The normalized spacial score (nSPS) is 16.7. The molecule has 8 heteroatoms. The fourth-order valence-corrected chi connectivity index (χ4v) is 3.38. The van der Waals surface area contributed by atoms with E-state index in [1.54, 1.807) is 17.1 Å². The maximum absolute atomic E-state index is 10.9. The van der Waals surface area contributed by atoms with Crippen LogP contribution in [0, 0.1) is 10.1 Å². The Morgan fingerprint density at radius 2 is 2.00 bits per heavy atom. The van der Waals surface area contributed by atoms with Crippen molar-refractivity contribution in [1.82, 2.24) is 5.01 Å². The fraction of sp³-hybridized carbons (Fsp3) is 0.176. The maximum atomic E-state index is 10.9. The molecule has 1 unspecified atom stereocenters. The zero-order valence-electron chi connectivity index (χ0n) is 13.1. The van der Waals surface area contributed by atoms with Gasteiger partial charge in [-0.3, -0.25) is 10.1 Å². The van der Waals surface area contributed by atoms with Gasteiger partial charge in [0.25, 0.3) is 5.69 Å². The molecule has 0 bridgehead atoms. The second-order valence-corrected chi connectivity index (χ2v) is 7.11. The quantitative estimate of drug-likeness (QED) is 0.242. The molecule has 2 aromatic carbocycles. The highest BCUT2D eigenvalue weighted by Crippen LogP contribution is 2.27. The predicted molar refractivity (Wildman–Crippen MR) is 104 cm³/mol. The van der Waals surface area contributed by atoms with Crippen LogP contribution < -0.4 is 0 Å². The van der Waals surface area contributed by atoms with Gasteiger partial charge in [-0.25, -0.2) is 5.01 Å². The van der Waals surface area contributed by atoms with Crippen molar-refractivity contribution in [3.05, 3.63) is 74.3 Å². The lowest BCUT2D eigenvalue weighted by atomic mass is 9.95. The Balaban J connectivity index is 2.18. The molecule has 5 nitrogen and oxygen atoms in total. The van der Waals surface area contributed by atoms with Crippen LogP contribution >= 0.6 is 35.4 Å². The first kappa shape index (κ1) is 17.8. The minimum absolute atomic E-state index is 0.0161. The molecule has 1 heterocycles. The Morgan fingerprint density at radius 1 is 1.32 bits per heavy atom. The van der Waals surface area contributed by atoms with E-state index in [-0.39, 0.29) is 16.2 Å². The summed E-state index contributed by atoms with van der Waals surface area (Å²) in [7, 11) is 0. The Morgan fingerprint density at radius 3 is 2.60 bits per heavy atom. The third-order valence-electron chi connectivity index (χ3n) is 4.00. The molecule has 25 heavy (non-hydrogen) atoms. The largest absolute Gasteiger partial charge is 0.269 e. The number of hydrogen-bond donors (Lipinski definition) is 0. The van der Waals surface area contributed by atoms with Crippen LogP contribution in [0.15, 0.2) is 47.6 Å². The number of nitro benzene ring substituents is 1. The van der Waals surface area contributed by atoms with Crippen LogP contribution in [-0.2, 0) is 6.42 Å². The van der Waals surface area contributed by atoms with Crippen LogP contribution in [0.25, 0.3) is 0 Å². The third-order valence-corrected chi connectivity index (χ3v) is 4.59. The molecule has 128 valence electrons.